The van der Waals surface area contributed by atoms with Gasteiger partial charge in [0, 0.05) is 11.5 Å². The maximum atomic E-state index is 13.4. The summed E-state index contributed by atoms with van der Waals surface area (Å²) in [5.41, 5.74) is -1.62. The van der Waals surface area contributed by atoms with Crippen LogP contribution in [0, 0.1) is 5.41 Å². The number of carbonyl (C=O) groups is 2. The Morgan fingerprint density at radius 3 is 2.33 bits per heavy atom. The first-order valence-corrected chi connectivity index (χ1v) is 9.10. The number of imide groups is 1. The minimum atomic E-state index is -2.84. The number of alkyl halides is 2. The molecule has 1 heterocycles. The number of ether oxygens (including phenoxy) is 1. The number of halogens is 2. The third kappa shape index (κ3) is 3.72. The predicted molar refractivity (Wildman–Crippen MR) is 96.2 cm³/mol. The van der Waals surface area contributed by atoms with Gasteiger partial charge in [0.15, 0.2) is 0 Å². The number of allylic oxidation sites excluding steroid dienone is 1. The predicted octanol–water partition coefficient (Wildman–Crippen LogP) is 3.89. The summed E-state index contributed by atoms with van der Waals surface area (Å²) < 4.78 is 29.7. The third-order valence-corrected chi connectivity index (χ3v) is 5.78. The lowest BCUT2D eigenvalue weighted by atomic mass is 9.59. The molecule has 1 aliphatic heterocycles. The molecule has 3 amide bonds. The second-order valence-corrected chi connectivity index (χ2v) is 7.92. The average molecular weight is 386 g/mol. The normalized spacial score (nSPS) is 32.4. The fraction of sp³-hybridized carbons (Fsp3) is 0.684. The SMILES string of the molecule is C=C(O)/C=C(\C)C1(C2(C)CCC(OC(F)F)CC2)NC(=O)N(C(C)C)C1=O. The van der Waals surface area contributed by atoms with Crippen molar-refractivity contribution in [2.24, 2.45) is 5.41 Å². The van der Waals surface area contributed by atoms with E-state index in [-0.39, 0.29) is 11.8 Å². The minimum absolute atomic E-state index is 0.227. The minimum Gasteiger partial charge on any atom is -0.509 e. The highest BCUT2D eigenvalue weighted by Gasteiger charge is 2.63. The lowest BCUT2D eigenvalue weighted by Gasteiger charge is -2.48. The highest BCUT2D eigenvalue weighted by Crippen LogP contribution is 2.51. The molecule has 0 aromatic rings. The first kappa shape index (κ1) is 21.3. The number of hydrogen-bond acceptors (Lipinski definition) is 4. The van der Waals surface area contributed by atoms with Crippen LogP contribution in [0.5, 0.6) is 0 Å². The quantitative estimate of drug-likeness (QED) is 0.412. The molecule has 0 aromatic carbocycles. The van der Waals surface area contributed by atoms with Crippen LogP contribution in [0.4, 0.5) is 13.6 Å². The van der Waals surface area contributed by atoms with Crippen LogP contribution in [-0.4, -0.2) is 46.2 Å². The summed E-state index contributed by atoms with van der Waals surface area (Å²) in [6.07, 6.45) is 2.30. The average Bonchev–Trinajstić information content (AvgIpc) is 2.81. The molecule has 6 nitrogen and oxygen atoms in total. The number of carbonyl (C=O) groups excluding carboxylic acids is 2. The van der Waals surface area contributed by atoms with Crippen LogP contribution in [0.3, 0.4) is 0 Å². The molecule has 152 valence electrons. The summed E-state index contributed by atoms with van der Waals surface area (Å²) in [4.78, 5) is 27.2. The van der Waals surface area contributed by atoms with Crippen LogP contribution < -0.4 is 5.32 Å². The largest absolute Gasteiger partial charge is 0.509 e. The van der Waals surface area contributed by atoms with Crippen molar-refractivity contribution in [2.75, 3.05) is 0 Å². The Hall–Kier alpha value is -1.96. The molecule has 1 aliphatic carbocycles. The van der Waals surface area contributed by atoms with Gasteiger partial charge in [0.2, 0.25) is 0 Å². The third-order valence-electron chi connectivity index (χ3n) is 5.78. The number of amides is 3. The topological polar surface area (TPSA) is 78.9 Å². The maximum Gasteiger partial charge on any atom is 0.345 e. The van der Waals surface area contributed by atoms with Gasteiger partial charge in [0.25, 0.3) is 5.91 Å². The van der Waals surface area contributed by atoms with Gasteiger partial charge >= 0.3 is 12.6 Å². The molecule has 0 bridgehead atoms. The summed E-state index contributed by atoms with van der Waals surface area (Å²) in [6.45, 7) is 7.63. The fourth-order valence-electron chi connectivity index (χ4n) is 4.41. The second kappa shape index (κ2) is 7.58. The smallest absolute Gasteiger partial charge is 0.345 e. The molecular weight excluding hydrogens is 358 g/mol. The number of urea groups is 1. The van der Waals surface area contributed by atoms with Gasteiger partial charge in [-0.15, -0.1) is 0 Å². The summed E-state index contributed by atoms with van der Waals surface area (Å²) in [5.74, 6) is -0.622. The van der Waals surface area contributed by atoms with Crippen LogP contribution in [0.15, 0.2) is 24.0 Å². The second-order valence-electron chi connectivity index (χ2n) is 7.92. The molecule has 1 saturated carbocycles. The number of nitrogens with one attached hydrogen (secondary N) is 1. The van der Waals surface area contributed by atoms with Gasteiger partial charge in [-0.05, 0) is 58.1 Å². The summed E-state index contributed by atoms with van der Waals surface area (Å²) in [5, 5.41) is 12.5. The zero-order valence-electron chi connectivity index (χ0n) is 16.2. The maximum absolute atomic E-state index is 13.4. The van der Waals surface area contributed by atoms with Crippen LogP contribution in [0.2, 0.25) is 0 Å². The van der Waals surface area contributed by atoms with Crippen molar-refractivity contribution in [3.05, 3.63) is 24.0 Å². The van der Waals surface area contributed by atoms with Crippen molar-refractivity contribution in [2.45, 2.75) is 77.7 Å². The van der Waals surface area contributed by atoms with Gasteiger partial charge in [-0.2, -0.15) is 8.78 Å². The van der Waals surface area contributed by atoms with Crippen molar-refractivity contribution >= 4 is 11.9 Å². The van der Waals surface area contributed by atoms with E-state index in [1.807, 2.05) is 6.92 Å². The van der Waals surface area contributed by atoms with Gasteiger partial charge in [-0.25, -0.2) is 4.79 Å². The van der Waals surface area contributed by atoms with E-state index in [0.29, 0.717) is 31.3 Å². The summed E-state index contributed by atoms with van der Waals surface area (Å²) >= 11 is 0. The van der Waals surface area contributed by atoms with Crippen LogP contribution in [-0.2, 0) is 9.53 Å². The molecule has 0 spiro atoms. The molecule has 27 heavy (non-hydrogen) atoms. The van der Waals surface area contributed by atoms with Crippen molar-refractivity contribution in [1.82, 2.24) is 10.2 Å². The highest BCUT2D eigenvalue weighted by atomic mass is 19.3. The van der Waals surface area contributed by atoms with Crippen LogP contribution in [0.25, 0.3) is 0 Å². The first-order chi connectivity index (χ1) is 12.4. The molecule has 1 saturated heterocycles. The van der Waals surface area contributed by atoms with Gasteiger partial charge in [0.1, 0.15) is 11.3 Å². The Bertz CT molecular complexity index is 654. The number of aliphatic hydroxyl groups is 1. The van der Waals surface area contributed by atoms with E-state index < -0.39 is 35.6 Å². The van der Waals surface area contributed by atoms with E-state index in [1.165, 1.54) is 11.0 Å². The molecule has 2 aliphatic rings. The molecule has 8 heteroatoms. The van der Waals surface area contributed by atoms with Crippen molar-refractivity contribution in [1.29, 1.82) is 0 Å². The lowest BCUT2D eigenvalue weighted by Crippen LogP contribution is -2.61. The number of nitrogens with zero attached hydrogens (tertiary/aromatic N) is 1. The van der Waals surface area contributed by atoms with E-state index in [0.717, 1.165) is 0 Å². The standard InChI is InChI=1S/C19H28F2N2O4/c1-11(2)23-15(25)19(22-17(23)26,12(3)10-13(4)24)18(5)8-6-14(7-9-18)27-16(20)21/h10-11,14,16,24H,4,6-9H2,1-3,5H3,(H,22,26)/b12-10+. The van der Waals surface area contributed by atoms with E-state index in [1.54, 1.807) is 20.8 Å². The Morgan fingerprint density at radius 1 is 1.37 bits per heavy atom. The molecule has 2 N–H and O–H groups in total. The van der Waals surface area contributed by atoms with Gasteiger partial charge in [-0.3, -0.25) is 9.69 Å². The Kier molecular flexibility index (Phi) is 5.99. The highest BCUT2D eigenvalue weighted by molar-refractivity contribution is 6.10. The molecule has 0 radical (unpaired) electrons. The summed E-state index contributed by atoms with van der Waals surface area (Å²) in [6, 6.07) is -0.843. The molecule has 2 fully saturated rings. The number of rotatable bonds is 6. The van der Waals surface area contributed by atoms with E-state index in [2.05, 4.69) is 16.6 Å². The molecular formula is C19H28F2N2O4. The van der Waals surface area contributed by atoms with E-state index >= 15 is 0 Å². The van der Waals surface area contributed by atoms with Gasteiger partial charge in [-0.1, -0.05) is 13.5 Å². The fourth-order valence-corrected chi connectivity index (χ4v) is 4.41. The Morgan fingerprint density at radius 2 is 1.93 bits per heavy atom. The molecule has 2 rings (SSSR count). The Balaban J connectivity index is 2.45. The van der Waals surface area contributed by atoms with E-state index in [9.17, 15) is 23.5 Å². The monoisotopic (exact) mass is 386 g/mol. The summed E-state index contributed by atoms with van der Waals surface area (Å²) in [7, 11) is 0. The van der Waals surface area contributed by atoms with E-state index in [4.69, 9.17) is 0 Å². The van der Waals surface area contributed by atoms with Crippen molar-refractivity contribution in [3.63, 3.8) is 0 Å². The first-order valence-electron chi connectivity index (χ1n) is 9.10. The zero-order valence-corrected chi connectivity index (χ0v) is 16.2. The Labute approximate surface area is 158 Å². The van der Waals surface area contributed by atoms with Crippen molar-refractivity contribution < 1.29 is 28.2 Å². The van der Waals surface area contributed by atoms with Crippen molar-refractivity contribution in [3.8, 4) is 0 Å². The van der Waals surface area contributed by atoms with Crippen LogP contribution >= 0.6 is 0 Å². The number of hydrogen-bond donors (Lipinski definition) is 2. The van der Waals surface area contributed by atoms with Gasteiger partial charge < -0.3 is 15.2 Å². The van der Waals surface area contributed by atoms with Crippen LogP contribution in [0.1, 0.15) is 53.4 Å². The van der Waals surface area contributed by atoms with Gasteiger partial charge in [0.05, 0.1) is 6.10 Å². The number of aliphatic hydroxyl groups excluding tert-OH is 1. The molecule has 1 unspecified atom stereocenters. The molecule has 1 atom stereocenters. The molecule has 0 aromatic heterocycles. The zero-order chi connectivity index (χ0) is 20.6. The lowest BCUT2D eigenvalue weighted by molar-refractivity contribution is -0.177.